The van der Waals surface area contributed by atoms with Crippen molar-refractivity contribution in [2.24, 2.45) is 0 Å². The molecule has 1 aromatic rings. The number of amides is 1. The molecule has 0 fully saturated rings. The highest BCUT2D eigenvalue weighted by atomic mass is 35.5. The summed E-state index contributed by atoms with van der Waals surface area (Å²) < 4.78 is 0. The van der Waals surface area contributed by atoms with Crippen LogP contribution in [0.1, 0.15) is 25.8 Å². The number of benzene rings is 1. The van der Waals surface area contributed by atoms with Gasteiger partial charge in [-0.1, -0.05) is 25.1 Å². The Labute approximate surface area is 127 Å². The summed E-state index contributed by atoms with van der Waals surface area (Å²) >= 11 is 0. The number of carbonyl (C=O) groups excluding carboxylic acids is 1. The van der Waals surface area contributed by atoms with Crippen LogP contribution < -0.4 is 15.5 Å². The molecule has 1 atom stereocenters. The molecule has 0 aliphatic carbocycles. The van der Waals surface area contributed by atoms with Crippen molar-refractivity contribution in [2.75, 3.05) is 24.5 Å². The largest absolute Gasteiger partial charge is 0.358 e. The fraction of sp³-hybridized carbons (Fsp3) is 0.533. The van der Waals surface area contributed by atoms with Crippen LogP contribution in [0.5, 0.6) is 0 Å². The minimum atomic E-state index is -0.132. The molecule has 0 spiro atoms. The predicted octanol–water partition coefficient (Wildman–Crippen LogP) is 1.93. The third-order valence-electron chi connectivity index (χ3n) is 3.54. The molecule has 1 aliphatic heterocycles. The fourth-order valence-corrected chi connectivity index (χ4v) is 2.42. The highest BCUT2D eigenvalue weighted by Gasteiger charge is 2.24. The van der Waals surface area contributed by atoms with Gasteiger partial charge in [0.2, 0.25) is 5.91 Å². The van der Waals surface area contributed by atoms with E-state index >= 15 is 0 Å². The van der Waals surface area contributed by atoms with Crippen molar-refractivity contribution in [1.82, 2.24) is 10.6 Å². The molecule has 4 nitrogen and oxygen atoms in total. The summed E-state index contributed by atoms with van der Waals surface area (Å²) in [6.07, 6.45) is 0.969. The number of hydrogen-bond acceptors (Lipinski definition) is 3. The highest BCUT2D eigenvalue weighted by molar-refractivity contribution is 5.85. The van der Waals surface area contributed by atoms with Crippen LogP contribution in [0.2, 0.25) is 0 Å². The van der Waals surface area contributed by atoms with Gasteiger partial charge in [-0.2, -0.15) is 0 Å². The molecule has 1 aromatic carbocycles. The zero-order valence-corrected chi connectivity index (χ0v) is 13.0. The van der Waals surface area contributed by atoms with Crippen molar-refractivity contribution < 1.29 is 4.79 Å². The molecular weight excluding hydrogens is 274 g/mol. The third kappa shape index (κ3) is 3.87. The van der Waals surface area contributed by atoms with E-state index in [9.17, 15) is 4.79 Å². The summed E-state index contributed by atoms with van der Waals surface area (Å²) in [6, 6.07) is 8.18. The Morgan fingerprint density at radius 3 is 2.95 bits per heavy atom. The van der Waals surface area contributed by atoms with Crippen LogP contribution in [0, 0.1) is 0 Å². The predicted molar refractivity (Wildman–Crippen MR) is 85.5 cm³/mol. The van der Waals surface area contributed by atoms with Crippen LogP contribution in [-0.2, 0) is 11.3 Å². The van der Waals surface area contributed by atoms with Crippen LogP contribution in [0.15, 0.2) is 24.3 Å². The van der Waals surface area contributed by atoms with E-state index < -0.39 is 0 Å². The molecule has 0 saturated heterocycles. The molecule has 1 aliphatic rings. The average molecular weight is 298 g/mol. The van der Waals surface area contributed by atoms with Gasteiger partial charge in [-0.15, -0.1) is 12.4 Å². The first kappa shape index (κ1) is 16.8. The lowest BCUT2D eigenvalue weighted by Crippen LogP contribution is -2.47. The number of hydrogen-bond donors (Lipinski definition) is 2. The second-order valence-corrected chi connectivity index (χ2v) is 4.97. The van der Waals surface area contributed by atoms with Gasteiger partial charge in [-0.3, -0.25) is 4.79 Å². The Balaban J connectivity index is 0.00000200. The zero-order chi connectivity index (χ0) is 13.7. The molecule has 2 rings (SSSR count). The normalized spacial score (nSPS) is 15.6. The molecule has 20 heavy (non-hydrogen) atoms. The van der Waals surface area contributed by atoms with Gasteiger partial charge in [0.1, 0.15) is 6.04 Å². The number of para-hydroxylation sites is 1. The Bertz CT molecular complexity index is 439. The summed E-state index contributed by atoms with van der Waals surface area (Å²) in [5.74, 6) is 0.110. The first-order valence-corrected chi connectivity index (χ1v) is 7.07. The number of nitrogens with one attached hydrogen (secondary N) is 2. The van der Waals surface area contributed by atoms with E-state index in [0.29, 0.717) is 0 Å². The van der Waals surface area contributed by atoms with Crippen molar-refractivity contribution in [3.8, 4) is 0 Å². The van der Waals surface area contributed by atoms with Crippen LogP contribution in [-0.4, -0.2) is 31.6 Å². The Morgan fingerprint density at radius 2 is 2.20 bits per heavy atom. The monoisotopic (exact) mass is 297 g/mol. The van der Waals surface area contributed by atoms with Crippen molar-refractivity contribution >= 4 is 24.0 Å². The smallest absolute Gasteiger partial charge is 0.242 e. The Hall–Kier alpha value is -1.26. The van der Waals surface area contributed by atoms with Gasteiger partial charge in [0.25, 0.3) is 0 Å². The van der Waals surface area contributed by atoms with E-state index in [4.69, 9.17) is 0 Å². The van der Waals surface area contributed by atoms with Gasteiger partial charge >= 0.3 is 0 Å². The van der Waals surface area contributed by atoms with E-state index in [0.717, 1.165) is 32.6 Å². The Kier molecular flexibility index (Phi) is 6.82. The van der Waals surface area contributed by atoms with Gasteiger partial charge < -0.3 is 15.5 Å². The molecule has 112 valence electrons. The van der Waals surface area contributed by atoms with Gasteiger partial charge in [0.05, 0.1) is 0 Å². The lowest BCUT2D eigenvalue weighted by molar-refractivity contribution is -0.122. The summed E-state index contributed by atoms with van der Waals surface area (Å²) in [7, 11) is 0. The lowest BCUT2D eigenvalue weighted by Gasteiger charge is -2.30. The maximum Gasteiger partial charge on any atom is 0.242 e. The summed E-state index contributed by atoms with van der Waals surface area (Å²) in [5.41, 5.74) is 2.43. The minimum Gasteiger partial charge on any atom is -0.358 e. The average Bonchev–Trinajstić information content (AvgIpc) is 2.66. The molecule has 1 amide bonds. The molecule has 2 N–H and O–H groups in total. The van der Waals surface area contributed by atoms with Gasteiger partial charge in [0.15, 0.2) is 0 Å². The molecule has 0 aromatic heterocycles. The maximum atomic E-state index is 12.2. The van der Waals surface area contributed by atoms with E-state index in [1.165, 1.54) is 11.3 Å². The van der Waals surface area contributed by atoms with Crippen LogP contribution in [0.4, 0.5) is 5.69 Å². The van der Waals surface area contributed by atoms with Crippen LogP contribution in [0.25, 0.3) is 0 Å². The van der Waals surface area contributed by atoms with Gasteiger partial charge in [-0.25, -0.2) is 0 Å². The highest BCUT2D eigenvalue weighted by Crippen LogP contribution is 2.24. The first-order chi connectivity index (χ1) is 9.24. The van der Waals surface area contributed by atoms with Crippen molar-refractivity contribution in [3.05, 3.63) is 29.8 Å². The van der Waals surface area contributed by atoms with Crippen molar-refractivity contribution in [1.29, 1.82) is 0 Å². The van der Waals surface area contributed by atoms with Crippen LogP contribution in [0.3, 0.4) is 0 Å². The standard InChI is InChI=1S/C15H23N3O.ClH/c1-3-8-17-15(19)12(2)18-10-9-16-11-13-6-4-5-7-14(13)18;/h4-7,12,16H,3,8-11H2,1-2H3,(H,17,19);1H. The van der Waals surface area contributed by atoms with E-state index in [-0.39, 0.29) is 24.4 Å². The van der Waals surface area contributed by atoms with E-state index in [1.807, 2.05) is 19.1 Å². The van der Waals surface area contributed by atoms with E-state index in [1.54, 1.807) is 0 Å². The second-order valence-electron chi connectivity index (χ2n) is 4.97. The van der Waals surface area contributed by atoms with Gasteiger partial charge in [0, 0.05) is 31.9 Å². The third-order valence-corrected chi connectivity index (χ3v) is 3.54. The summed E-state index contributed by atoms with van der Waals surface area (Å²) in [5, 5.41) is 6.38. The molecule has 0 bridgehead atoms. The number of carbonyl (C=O) groups is 1. The molecular formula is C15H24ClN3O. The molecule has 5 heteroatoms. The number of nitrogens with zero attached hydrogens (tertiary/aromatic N) is 1. The molecule has 0 radical (unpaired) electrons. The van der Waals surface area contributed by atoms with Crippen molar-refractivity contribution in [2.45, 2.75) is 32.9 Å². The van der Waals surface area contributed by atoms with E-state index in [2.05, 4.69) is 34.6 Å². The number of halogens is 1. The minimum absolute atomic E-state index is 0. The second kappa shape index (κ2) is 8.12. The molecule has 0 saturated carbocycles. The SMILES string of the molecule is CCCNC(=O)C(C)N1CCNCc2ccccc21.Cl. The summed E-state index contributed by atoms with van der Waals surface area (Å²) in [4.78, 5) is 14.3. The Morgan fingerprint density at radius 1 is 1.45 bits per heavy atom. The summed E-state index contributed by atoms with van der Waals surface area (Å²) in [6.45, 7) is 7.42. The van der Waals surface area contributed by atoms with Crippen LogP contribution >= 0.6 is 12.4 Å². The number of rotatable bonds is 4. The quantitative estimate of drug-likeness (QED) is 0.893. The van der Waals surface area contributed by atoms with Crippen molar-refractivity contribution in [3.63, 3.8) is 0 Å². The first-order valence-electron chi connectivity index (χ1n) is 7.07. The maximum absolute atomic E-state index is 12.2. The molecule has 1 heterocycles. The zero-order valence-electron chi connectivity index (χ0n) is 12.2. The van der Waals surface area contributed by atoms with Gasteiger partial charge in [-0.05, 0) is 25.0 Å². The molecule has 1 unspecified atom stereocenters. The number of anilines is 1. The lowest BCUT2D eigenvalue weighted by atomic mass is 10.1. The fourth-order valence-electron chi connectivity index (χ4n) is 2.42. The topological polar surface area (TPSA) is 44.4 Å². The number of fused-ring (bicyclic) bond motifs is 1.